The van der Waals surface area contributed by atoms with Gasteiger partial charge < -0.3 is 14.8 Å². The van der Waals surface area contributed by atoms with Gasteiger partial charge in [-0.2, -0.15) is 0 Å². The second-order valence-electron chi connectivity index (χ2n) is 7.05. The smallest absolute Gasteiger partial charge is 0.291 e. The van der Waals surface area contributed by atoms with Gasteiger partial charge in [0, 0.05) is 12.1 Å². The molecule has 1 aromatic heterocycles. The molecule has 3 rings (SSSR count). The first-order valence-electron chi connectivity index (χ1n) is 9.03. The number of benzene rings is 2. The topological polar surface area (TPSA) is 62.5 Å². The van der Waals surface area contributed by atoms with Crippen LogP contribution in [0.3, 0.4) is 0 Å². The van der Waals surface area contributed by atoms with Crippen LogP contribution in [0.4, 0.5) is 5.69 Å². The molecule has 0 saturated heterocycles. The third-order valence-electron chi connectivity index (χ3n) is 5.52. The van der Waals surface area contributed by atoms with E-state index >= 15 is 0 Å². The maximum absolute atomic E-state index is 12.4. The van der Waals surface area contributed by atoms with Crippen molar-refractivity contribution in [2.75, 3.05) is 5.32 Å². The van der Waals surface area contributed by atoms with Crippen molar-refractivity contribution in [3.63, 3.8) is 0 Å². The fraction of sp³-hybridized carbons (Fsp3) is 0.261. The number of phenolic OH excluding ortho intramolecular Hbond substituents is 1. The van der Waals surface area contributed by atoms with E-state index in [2.05, 4.69) is 39.9 Å². The minimum atomic E-state index is -0.309. The highest BCUT2D eigenvalue weighted by atomic mass is 16.3. The zero-order valence-corrected chi connectivity index (χ0v) is 16.4. The van der Waals surface area contributed by atoms with Gasteiger partial charge in [-0.25, -0.2) is 0 Å². The molecule has 4 heteroatoms. The number of nitrogens with one attached hydrogen (secondary N) is 1. The SMILES string of the molecule is Cc1c(C)c(C)c(Cc2ccc(C(=O)Nc3ccc(O)cc3)o2)c(C)c1C. The highest BCUT2D eigenvalue weighted by molar-refractivity contribution is 6.02. The lowest BCUT2D eigenvalue weighted by molar-refractivity contribution is 0.0995. The molecule has 4 nitrogen and oxygen atoms in total. The lowest BCUT2D eigenvalue weighted by Crippen LogP contribution is -2.10. The number of amides is 1. The van der Waals surface area contributed by atoms with Gasteiger partial charge >= 0.3 is 0 Å². The molecule has 0 aliphatic heterocycles. The van der Waals surface area contributed by atoms with Crippen LogP contribution >= 0.6 is 0 Å². The van der Waals surface area contributed by atoms with Crippen molar-refractivity contribution in [3.05, 3.63) is 81.3 Å². The van der Waals surface area contributed by atoms with Crippen molar-refractivity contribution in [3.8, 4) is 5.75 Å². The molecule has 0 aliphatic carbocycles. The summed E-state index contributed by atoms with van der Waals surface area (Å²) in [5.74, 6) is 0.882. The summed E-state index contributed by atoms with van der Waals surface area (Å²) < 4.78 is 5.80. The van der Waals surface area contributed by atoms with Crippen molar-refractivity contribution < 1.29 is 14.3 Å². The van der Waals surface area contributed by atoms with Crippen LogP contribution in [0.5, 0.6) is 5.75 Å². The fourth-order valence-corrected chi connectivity index (χ4v) is 3.35. The van der Waals surface area contributed by atoms with E-state index < -0.39 is 0 Å². The molecule has 0 spiro atoms. The Balaban J connectivity index is 1.81. The Morgan fingerprint density at radius 1 is 0.852 bits per heavy atom. The van der Waals surface area contributed by atoms with E-state index in [1.807, 2.05) is 6.07 Å². The molecule has 0 unspecified atom stereocenters. The number of rotatable bonds is 4. The standard InChI is InChI=1S/C23H25NO3/c1-13-14(2)16(4)21(17(5)15(13)3)12-20-10-11-22(27-20)23(26)24-18-6-8-19(25)9-7-18/h6-11,25H,12H2,1-5H3,(H,24,26). The third kappa shape index (κ3) is 3.75. The Morgan fingerprint density at radius 3 is 2.00 bits per heavy atom. The molecule has 0 radical (unpaired) electrons. The molecule has 2 N–H and O–H groups in total. The van der Waals surface area contributed by atoms with Crippen molar-refractivity contribution in [2.45, 2.75) is 41.0 Å². The average Bonchev–Trinajstić information content (AvgIpc) is 3.13. The summed E-state index contributed by atoms with van der Waals surface area (Å²) in [5.41, 5.74) is 8.38. The number of hydrogen-bond acceptors (Lipinski definition) is 3. The van der Waals surface area contributed by atoms with Gasteiger partial charge in [0.2, 0.25) is 0 Å². The molecule has 1 heterocycles. The predicted molar refractivity (Wildman–Crippen MR) is 108 cm³/mol. The minimum absolute atomic E-state index is 0.155. The van der Waals surface area contributed by atoms with Crippen LogP contribution < -0.4 is 5.32 Å². The molecule has 27 heavy (non-hydrogen) atoms. The molecule has 3 aromatic rings. The second-order valence-corrected chi connectivity index (χ2v) is 7.05. The summed E-state index contributed by atoms with van der Waals surface area (Å²) in [6.45, 7) is 10.8. The summed E-state index contributed by atoms with van der Waals surface area (Å²) >= 11 is 0. The minimum Gasteiger partial charge on any atom is -0.508 e. The zero-order valence-electron chi connectivity index (χ0n) is 16.4. The lowest BCUT2D eigenvalue weighted by atomic mass is 9.88. The average molecular weight is 363 g/mol. The Bertz CT molecular complexity index is 968. The van der Waals surface area contributed by atoms with Crippen LogP contribution in [0.15, 0.2) is 40.8 Å². The first-order chi connectivity index (χ1) is 12.8. The van der Waals surface area contributed by atoms with Gasteiger partial charge in [-0.15, -0.1) is 0 Å². The molecule has 0 saturated carbocycles. The quantitative estimate of drug-likeness (QED) is 0.613. The fourth-order valence-electron chi connectivity index (χ4n) is 3.35. The molecule has 0 atom stereocenters. The molecule has 0 aliphatic rings. The monoisotopic (exact) mass is 363 g/mol. The van der Waals surface area contributed by atoms with E-state index in [1.165, 1.54) is 45.5 Å². The van der Waals surface area contributed by atoms with Crippen molar-refractivity contribution in [2.24, 2.45) is 0 Å². The van der Waals surface area contributed by atoms with Crippen molar-refractivity contribution in [1.29, 1.82) is 0 Å². The van der Waals surface area contributed by atoms with Crippen molar-refractivity contribution in [1.82, 2.24) is 0 Å². The van der Waals surface area contributed by atoms with Crippen LogP contribution in [-0.4, -0.2) is 11.0 Å². The van der Waals surface area contributed by atoms with E-state index in [0.29, 0.717) is 12.1 Å². The number of carbonyl (C=O) groups excluding carboxylic acids is 1. The maximum atomic E-state index is 12.4. The Morgan fingerprint density at radius 2 is 1.41 bits per heavy atom. The Kier molecular flexibility index (Phi) is 5.08. The summed E-state index contributed by atoms with van der Waals surface area (Å²) in [7, 11) is 0. The van der Waals surface area contributed by atoms with Gasteiger partial charge in [0.1, 0.15) is 11.5 Å². The number of carbonyl (C=O) groups is 1. The largest absolute Gasteiger partial charge is 0.508 e. The van der Waals surface area contributed by atoms with Crippen LogP contribution in [0, 0.1) is 34.6 Å². The maximum Gasteiger partial charge on any atom is 0.291 e. The van der Waals surface area contributed by atoms with Gasteiger partial charge in [-0.3, -0.25) is 4.79 Å². The molecule has 1 amide bonds. The Labute approximate surface area is 159 Å². The van der Waals surface area contributed by atoms with Gasteiger partial charge in [0.25, 0.3) is 5.91 Å². The van der Waals surface area contributed by atoms with Crippen LogP contribution in [0.2, 0.25) is 0 Å². The normalized spacial score (nSPS) is 10.9. The van der Waals surface area contributed by atoms with E-state index in [4.69, 9.17) is 4.42 Å². The van der Waals surface area contributed by atoms with Crippen molar-refractivity contribution >= 4 is 11.6 Å². The number of furan rings is 1. The van der Waals surface area contributed by atoms with E-state index in [1.54, 1.807) is 18.2 Å². The molecular weight excluding hydrogens is 338 g/mol. The van der Waals surface area contributed by atoms with E-state index in [0.717, 1.165) is 5.76 Å². The van der Waals surface area contributed by atoms with Crippen LogP contribution in [-0.2, 0) is 6.42 Å². The first kappa shape index (κ1) is 18.8. The molecule has 2 aromatic carbocycles. The summed E-state index contributed by atoms with van der Waals surface area (Å²) in [6, 6.07) is 9.88. The highest BCUT2D eigenvalue weighted by Gasteiger charge is 2.16. The number of anilines is 1. The lowest BCUT2D eigenvalue weighted by Gasteiger charge is -2.18. The van der Waals surface area contributed by atoms with E-state index in [9.17, 15) is 9.90 Å². The molecule has 140 valence electrons. The summed E-state index contributed by atoms with van der Waals surface area (Å²) in [6.07, 6.45) is 0.659. The van der Waals surface area contributed by atoms with Crippen LogP contribution in [0.25, 0.3) is 0 Å². The first-order valence-corrected chi connectivity index (χ1v) is 9.03. The summed E-state index contributed by atoms with van der Waals surface area (Å²) in [5, 5.41) is 12.1. The Hall–Kier alpha value is -3.01. The third-order valence-corrected chi connectivity index (χ3v) is 5.52. The molecule has 0 bridgehead atoms. The number of phenols is 1. The second kappa shape index (κ2) is 7.31. The number of hydrogen-bond donors (Lipinski definition) is 2. The molecule has 0 fully saturated rings. The summed E-state index contributed by atoms with van der Waals surface area (Å²) in [4.78, 5) is 12.4. The number of aromatic hydroxyl groups is 1. The molecular formula is C23H25NO3. The van der Waals surface area contributed by atoms with Crippen LogP contribution in [0.1, 0.15) is 49.7 Å². The highest BCUT2D eigenvalue weighted by Crippen LogP contribution is 2.28. The zero-order chi connectivity index (χ0) is 19.7. The predicted octanol–water partition coefficient (Wildman–Crippen LogP) is 5.37. The van der Waals surface area contributed by atoms with Gasteiger partial charge in [-0.05, 0) is 104 Å². The van der Waals surface area contributed by atoms with Gasteiger partial charge in [0.05, 0.1) is 0 Å². The van der Waals surface area contributed by atoms with Gasteiger partial charge in [-0.1, -0.05) is 0 Å². The van der Waals surface area contributed by atoms with Gasteiger partial charge in [0.15, 0.2) is 5.76 Å². The van der Waals surface area contributed by atoms with E-state index in [-0.39, 0.29) is 17.4 Å².